The van der Waals surface area contributed by atoms with Crippen LogP contribution in [0.1, 0.15) is 18.7 Å². The molecule has 1 aliphatic heterocycles. The minimum Gasteiger partial charge on any atom is -0.321 e. The summed E-state index contributed by atoms with van der Waals surface area (Å²) in [5.41, 5.74) is 0.801. The van der Waals surface area contributed by atoms with E-state index in [-0.39, 0.29) is 24.3 Å². The molecule has 8 heteroatoms. The Hall–Kier alpha value is -1.80. The Balaban J connectivity index is 2.11. The van der Waals surface area contributed by atoms with Crippen LogP contribution in [-0.2, 0) is 15.6 Å². The SMILES string of the molecule is CCS(=O)CCN1C(=O)CNC1c1ccc([N+](=O)[O-])cc1. The third-order valence-electron chi connectivity index (χ3n) is 3.38. The maximum Gasteiger partial charge on any atom is 0.269 e. The fraction of sp³-hybridized carbons (Fsp3) is 0.462. The number of benzene rings is 1. The molecule has 1 aromatic carbocycles. The number of nitrogens with one attached hydrogen (secondary N) is 1. The largest absolute Gasteiger partial charge is 0.321 e. The molecule has 2 rings (SSSR count). The first-order valence-corrected chi connectivity index (χ1v) is 8.14. The van der Waals surface area contributed by atoms with Crippen LogP contribution in [0.25, 0.3) is 0 Å². The van der Waals surface area contributed by atoms with Gasteiger partial charge in [0.1, 0.15) is 6.17 Å². The molecule has 1 saturated heterocycles. The number of amides is 1. The Morgan fingerprint density at radius 3 is 2.67 bits per heavy atom. The Morgan fingerprint density at radius 1 is 1.43 bits per heavy atom. The molecule has 0 saturated carbocycles. The summed E-state index contributed by atoms with van der Waals surface area (Å²) >= 11 is 0. The summed E-state index contributed by atoms with van der Waals surface area (Å²) in [5, 5.41) is 13.7. The van der Waals surface area contributed by atoms with Crippen LogP contribution < -0.4 is 5.32 Å². The van der Waals surface area contributed by atoms with E-state index in [0.717, 1.165) is 5.56 Å². The van der Waals surface area contributed by atoms with E-state index < -0.39 is 15.7 Å². The fourth-order valence-corrected chi connectivity index (χ4v) is 2.90. The summed E-state index contributed by atoms with van der Waals surface area (Å²) in [5.74, 6) is 0.955. The molecule has 114 valence electrons. The summed E-state index contributed by atoms with van der Waals surface area (Å²) < 4.78 is 11.5. The van der Waals surface area contributed by atoms with Crippen molar-refractivity contribution < 1.29 is 13.9 Å². The lowest BCUT2D eigenvalue weighted by Crippen LogP contribution is -2.33. The third-order valence-corrected chi connectivity index (χ3v) is 4.66. The highest BCUT2D eigenvalue weighted by atomic mass is 32.2. The van der Waals surface area contributed by atoms with Gasteiger partial charge in [0.2, 0.25) is 5.91 Å². The van der Waals surface area contributed by atoms with E-state index in [1.165, 1.54) is 12.1 Å². The number of nitro groups is 1. The van der Waals surface area contributed by atoms with Crippen molar-refractivity contribution in [2.24, 2.45) is 0 Å². The highest BCUT2D eigenvalue weighted by Gasteiger charge is 2.31. The van der Waals surface area contributed by atoms with E-state index in [1.54, 1.807) is 17.0 Å². The molecule has 0 spiro atoms. The van der Waals surface area contributed by atoms with Gasteiger partial charge >= 0.3 is 0 Å². The van der Waals surface area contributed by atoms with Crippen LogP contribution in [0.15, 0.2) is 24.3 Å². The van der Waals surface area contributed by atoms with Crippen molar-refractivity contribution in [3.63, 3.8) is 0 Å². The van der Waals surface area contributed by atoms with Gasteiger partial charge in [0.05, 0.1) is 11.5 Å². The lowest BCUT2D eigenvalue weighted by atomic mass is 10.1. The summed E-state index contributed by atoms with van der Waals surface area (Å²) in [7, 11) is -0.930. The maximum atomic E-state index is 11.9. The van der Waals surface area contributed by atoms with Gasteiger partial charge in [-0.3, -0.25) is 24.4 Å². The van der Waals surface area contributed by atoms with E-state index in [9.17, 15) is 19.1 Å². The van der Waals surface area contributed by atoms with E-state index in [2.05, 4.69) is 5.32 Å². The Morgan fingerprint density at radius 2 is 2.10 bits per heavy atom. The van der Waals surface area contributed by atoms with Gasteiger partial charge in [0, 0.05) is 41.0 Å². The molecule has 1 amide bonds. The van der Waals surface area contributed by atoms with Gasteiger partial charge in [-0.15, -0.1) is 0 Å². The smallest absolute Gasteiger partial charge is 0.269 e. The van der Waals surface area contributed by atoms with Crippen molar-refractivity contribution in [2.45, 2.75) is 13.1 Å². The van der Waals surface area contributed by atoms with Crippen molar-refractivity contribution in [2.75, 3.05) is 24.6 Å². The van der Waals surface area contributed by atoms with Gasteiger partial charge in [-0.1, -0.05) is 6.92 Å². The minimum absolute atomic E-state index is 0.0155. The van der Waals surface area contributed by atoms with Crippen molar-refractivity contribution in [1.82, 2.24) is 10.2 Å². The zero-order valence-electron chi connectivity index (χ0n) is 11.7. The number of carbonyl (C=O) groups is 1. The number of hydrogen-bond acceptors (Lipinski definition) is 5. The zero-order chi connectivity index (χ0) is 15.4. The standard InChI is InChI=1S/C13H17N3O4S/c1-2-21(20)8-7-15-12(17)9-14-13(15)10-3-5-11(6-4-10)16(18)19/h3-6,13-14H,2,7-9H2,1H3. The molecule has 1 N–H and O–H groups in total. The molecule has 21 heavy (non-hydrogen) atoms. The molecule has 1 aromatic rings. The van der Waals surface area contributed by atoms with Crippen LogP contribution in [0.3, 0.4) is 0 Å². The summed E-state index contributed by atoms with van der Waals surface area (Å²) in [6, 6.07) is 6.11. The van der Waals surface area contributed by atoms with Gasteiger partial charge in [0.15, 0.2) is 0 Å². The average Bonchev–Trinajstić information content (AvgIpc) is 2.85. The van der Waals surface area contributed by atoms with Crippen molar-refractivity contribution >= 4 is 22.4 Å². The maximum absolute atomic E-state index is 11.9. The average molecular weight is 311 g/mol. The molecule has 7 nitrogen and oxygen atoms in total. The highest BCUT2D eigenvalue weighted by Crippen LogP contribution is 2.24. The quantitative estimate of drug-likeness (QED) is 0.619. The van der Waals surface area contributed by atoms with Crippen LogP contribution >= 0.6 is 0 Å². The molecule has 0 radical (unpaired) electrons. The minimum atomic E-state index is -0.930. The molecule has 2 unspecified atom stereocenters. The number of non-ortho nitro benzene ring substituents is 1. The van der Waals surface area contributed by atoms with Gasteiger partial charge in [0.25, 0.3) is 5.69 Å². The Kier molecular flexibility index (Phi) is 5.03. The van der Waals surface area contributed by atoms with Gasteiger partial charge < -0.3 is 4.90 Å². The van der Waals surface area contributed by atoms with Crippen molar-refractivity contribution in [3.05, 3.63) is 39.9 Å². The normalized spacial score (nSPS) is 19.8. The second kappa shape index (κ2) is 6.77. The lowest BCUT2D eigenvalue weighted by Gasteiger charge is -2.24. The molecule has 0 bridgehead atoms. The fourth-order valence-electron chi connectivity index (χ4n) is 2.21. The Bertz CT molecular complexity index is 561. The van der Waals surface area contributed by atoms with Crippen LogP contribution in [0.4, 0.5) is 5.69 Å². The van der Waals surface area contributed by atoms with E-state index in [1.807, 2.05) is 6.92 Å². The van der Waals surface area contributed by atoms with Crippen LogP contribution in [-0.4, -0.2) is 44.5 Å². The van der Waals surface area contributed by atoms with E-state index in [0.29, 0.717) is 18.1 Å². The lowest BCUT2D eigenvalue weighted by molar-refractivity contribution is -0.384. The van der Waals surface area contributed by atoms with E-state index >= 15 is 0 Å². The molecule has 2 atom stereocenters. The van der Waals surface area contributed by atoms with Crippen molar-refractivity contribution in [1.29, 1.82) is 0 Å². The van der Waals surface area contributed by atoms with Crippen LogP contribution in [0, 0.1) is 10.1 Å². The Labute approximate surface area is 124 Å². The zero-order valence-corrected chi connectivity index (χ0v) is 12.5. The van der Waals surface area contributed by atoms with Gasteiger partial charge in [-0.05, 0) is 17.7 Å². The highest BCUT2D eigenvalue weighted by molar-refractivity contribution is 7.84. The topological polar surface area (TPSA) is 92.6 Å². The first-order chi connectivity index (χ1) is 10.0. The van der Waals surface area contributed by atoms with Gasteiger partial charge in [-0.2, -0.15) is 0 Å². The number of nitrogens with zero attached hydrogens (tertiary/aromatic N) is 2. The molecule has 0 aromatic heterocycles. The molecule has 1 aliphatic rings. The van der Waals surface area contributed by atoms with Crippen LogP contribution in [0.2, 0.25) is 0 Å². The second-order valence-corrected chi connectivity index (χ2v) is 6.52. The third kappa shape index (κ3) is 3.64. The summed E-state index contributed by atoms with van der Waals surface area (Å²) in [6.45, 7) is 2.47. The first-order valence-electron chi connectivity index (χ1n) is 6.65. The number of hydrogen-bond donors (Lipinski definition) is 1. The number of rotatable bonds is 6. The molecule has 1 fully saturated rings. The summed E-state index contributed by atoms with van der Waals surface area (Å²) in [4.78, 5) is 23.7. The molecule has 0 aliphatic carbocycles. The number of nitro benzene ring substituents is 1. The predicted octanol–water partition coefficient (Wildman–Crippen LogP) is 0.794. The molecular formula is C13H17N3O4S. The summed E-state index contributed by atoms with van der Waals surface area (Å²) in [6.07, 6.45) is -0.313. The molecular weight excluding hydrogens is 294 g/mol. The van der Waals surface area contributed by atoms with E-state index in [4.69, 9.17) is 0 Å². The first kappa shape index (κ1) is 15.6. The van der Waals surface area contributed by atoms with Gasteiger partial charge in [-0.25, -0.2) is 0 Å². The molecule has 1 heterocycles. The van der Waals surface area contributed by atoms with Crippen LogP contribution in [0.5, 0.6) is 0 Å². The predicted molar refractivity (Wildman–Crippen MR) is 79.1 cm³/mol. The number of carbonyl (C=O) groups excluding carboxylic acids is 1. The van der Waals surface area contributed by atoms with Crippen molar-refractivity contribution in [3.8, 4) is 0 Å². The second-order valence-electron chi connectivity index (χ2n) is 4.65. The monoisotopic (exact) mass is 311 g/mol.